The molecule has 1 aromatic rings. The normalized spacial score (nSPS) is 30.0. The number of hydrogen-bond donors (Lipinski definition) is 1. The Morgan fingerprint density at radius 1 is 1.12 bits per heavy atom. The number of ether oxygens (including phenoxy) is 1. The van der Waals surface area contributed by atoms with Crippen molar-refractivity contribution in [3.63, 3.8) is 0 Å². The third-order valence-electron chi connectivity index (χ3n) is 3.10. The van der Waals surface area contributed by atoms with E-state index in [0.717, 1.165) is 12.8 Å². The summed E-state index contributed by atoms with van der Waals surface area (Å²) in [7, 11) is 0. The molecule has 1 aliphatic rings. The number of nitrogens with two attached hydrogens (primary N) is 1. The lowest BCUT2D eigenvalue weighted by Crippen LogP contribution is -2.29. The van der Waals surface area contributed by atoms with E-state index >= 15 is 0 Å². The molecule has 88 valence electrons. The van der Waals surface area contributed by atoms with Gasteiger partial charge in [-0.1, -0.05) is 13.8 Å². The average molecular weight is 221 g/mol. The van der Waals surface area contributed by atoms with E-state index in [0.29, 0.717) is 23.5 Å². The van der Waals surface area contributed by atoms with Crippen LogP contribution in [0.15, 0.2) is 12.4 Å². The molecule has 2 rings (SSSR count). The molecule has 1 heterocycles. The molecule has 4 nitrogen and oxygen atoms in total. The maximum atomic E-state index is 5.83. The highest BCUT2D eigenvalue weighted by molar-refractivity contribution is 5.38. The zero-order chi connectivity index (χ0) is 11.5. The van der Waals surface area contributed by atoms with Crippen LogP contribution in [0.3, 0.4) is 0 Å². The first kappa shape index (κ1) is 11.2. The van der Waals surface area contributed by atoms with E-state index < -0.39 is 0 Å². The van der Waals surface area contributed by atoms with Gasteiger partial charge < -0.3 is 10.5 Å². The van der Waals surface area contributed by atoms with Crippen LogP contribution in [0.1, 0.15) is 33.1 Å². The Morgan fingerprint density at radius 3 is 2.38 bits per heavy atom. The van der Waals surface area contributed by atoms with Gasteiger partial charge in [-0.3, -0.25) is 0 Å². The maximum absolute atomic E-state index is 5.83. The van der Waals surface area contributed by atoms with Crippen LogP contribution in [0.25, 0.3) is 0 Å². The van der Waals surface area contributed by atoms with Crippen LogP contribution in [0.5, 0.6) is 5.88 Å². The quantitative estimate of drug-likeness (QED) is 0.832. The highest BCUT2D eigenvalue weighted by atomic mass is 16.5. The van der Waals surface area contributed by atoms with E-state index in [-0.39, 0.29) is 6.10 Å². The minimum absolute atomic E-state index is 0.234. The summed E-state index contributed by atoms with van der Waals surface area (Å²) in [5.74, 6) is 2.29. The topological polar surface area (TPSA) is 61.0 Å². The highest BCUT2D eigenvalue weighted by Gasteiger charge is 2.26. The van der Waals surface area contributed by atoms with Crippen LogP contribution in [-0.4, -0.2) is 16.1 Å². The van der Waals surface area contributed by atoms with Gasteiger partial charge in [-0.15, -0.1) is 0 Å². The van der Waals surface area contributed by atoms with E-state index in [4.69, 9.17) is 10.5 Å². The van der Waals surface area contributed by atoms with E-state index in [1.165, 1.54) is 6.42 Å². The lowest BCUT2D eigenvalue weighted by molar-refractivity contribution is 0.0971. The predicted octanol–water partition coefficient (Wildman–Crippen LogP) is 2.26. The molecule has 0 saturated heterocycles. The molecule has 1 saturated carbocycles. The van der Waals surface area contributed by atoms with Gasteiger partial charge in [0, 0.05) is 12.4 Å². The fraction of sp³-hybridized carbons (Fsp3) is 0.667. The Labute approximate surface area is 96.2 Å². The molecule has 1 fully saturated rings. The third kappa shape index (κ3) is 2.62. The van der Waals surface area contributed by atoms with Crippen molar-refractivity contribution >= 4 is 5.82 Å². The zero-order valence-electron chi connectivity index (χ0n) is 9.89. The van der Waals surface area contributed by atoms with Crippen LogP contribution in [-0.2, 0) is 0 Å². The molecule has 0 aliphatic heterocycles. The smallest absolute Gasteiger partial charge is 0.257 e. The van der Waals surface area contributed by atoms with Gasteiger partial charge >= 0.3 is 0 Å². The summed E-state index contributed by atoms with van der Waals surface area (Å²) in [6.45, 7) is 4.54. The van der Waals surface area contributed by atoms with E-state index in [2.05, 4.69) is 23.8 Å². The van der Waals surface area contributed by atoms with Gasteiger partial charge in [0.2, 0.25) is 0 Å². The van der Waals surface area contributed by atoms with Crippen LogP contribution in [0, 0.1) is 11.8 Å². The molecule has 2 unspecified atom stereocenters. The molecule has 0 amide bonds. The van der Waals surface area contributed by atoms with Gasteiger partial charge in [-0.25, -0.2) is 9.97 Å². The largest absolute Gasteiger partial charge is 0.472 e. The number of hydrogen-bond acceptors (Lipinski definition) is 4. The first-order chi connectivity index (χ1) is 7.65. The summed E-state index contributed by atoms with van der Waals surface area (Å²) in [5, 5.41) is 0. The Morgan fingerprint density at radius 2 is 1.75 bits per heavy atom. The van der Waals surface area contributed by atoms with E-state index in [1.54, 1.807) is 12.4 Å². The van der Waals surface area contributed by atoms with Crippen LogP contribution >= 0.6 is 0 Å². The van der Waals surface area contributed by atoms with Gasteiger partial charge in [0.05, 0.1) is 0 Å². The van der Waals surface area contributed by atoms with Crippen LogP contribution in [0.4, 0.5) is 5.82 Å². The second-order valence-electron chi connectivity index (χ2n) is 4.90. The monoisotopic (exact) mass is 221 g/mol. The summed E-state index contributed by atoms with van der Waals surface area (Å²) in [6, 6.07) is 0. The lowest BCUT2D eigenvalue weighted by Gasteiger charge is -2.31. The van der Waals surface area contributed by atoms with Gasteiger partial charge in [0.25, 0.3) is 5.88 Å². The summed E-state index contributed by atoms with van der Waals surface area (Å²) in [5.41, 5.74) is 5.71. The number of rotatable bonds is 2. The summed E-state index contributed by atoms with van der Waals surface area (Å²) in [4.78, 5) is 8.09. The molecule has 0 aromatic carbocycles. The SMILES string of the molecule is CC1CC(C)CC(Oc2nccnc2N)C1. The van der Waals surface area contributed by atoms with Crippen molar-refractivity contribution in [2.24, 2.45) is 11.8 Å². The summed E-state index contributed by atoms with van der Waals surface area (Å²) in [6.07, 6.45) is 6.88. The Bertz CT molecular complexity index is 346. The van der Waals surface area contributed by atoms with E-state index in [9.17, 15) is 0 Å². The maximum Gasteiger partial charge on any atom is 0.257 e. The van der Waals surface area contributed by atoms with Gasteiger partial charge in [-0.2, -0.15) is 0 Å². The lowest BCUT2D eigenvalue weighted by atomic mass is 9.82. The first-order valence-electron chi connectivity index (χ1n) is 5.88. The minimum atomic E-state index is 0.234. The van der Waals surface area contributed by atoms with Crippen molar-refractivity contribution in [2.75, 3.05) is 5.73 Å². The van der Waals surface area contributed by atoms with Crippen LogP contribution < -0.4 is 10.5 Å². The predicted molar refractivity (Wildman–Crippen MR) is 63.0 cm³/mol. The van der Waals surface area contributed by atoms with Crippen molar-refractivity contribution in [3.8, 4) is 5.88 Å². The molecular formula is C12H19N3O. The second kappa shape index (κ2) is 4.68. The van der Waals surface area contributed by atoms with Crippen molar-refractivity contribution in [1.82, 2.24) is 9.97 Å². The van der Waals surface area contributed by atoms with Crippen molar-refractivity contribution < 1.29 is 4.74 Å². The fourth-order valence-corrected chi connectivity index (χ4v) is 2.55. The molecule has 16 heavy (non-hydrogen) atoms. The molecule has 2 atom stereocenters. The second-order valence-corrected chi connectivity index (χ2v) is 4.90. The van der Waals surface area contributed by atoms with E-state index in [1.807, 2.05) is 0 Å². The van der Waals surface area contributed by atoms with Crippen LogP contribution in [0.2, 0.25) is 0 Å². The Balaban J connectivity index is 2.02. The summed E-state index contributed by atoms with van der Waals surface area (Å²) < 4.78 is 5.83. The molecule has 4 heteroatoms. The number of nitrogens with zero attached hydrogens (tertiary/aromatic N) is 2. The minimum Gasteiger partial charge on any atom is -0.472 e. The summed E-state index contributed by atoms with van der Waals surface area (Å²) >= 11 is 0. The molecule has 1 aromatic heterocycles. The third-order valence-corrected chi connectivity index (χ3v) is 3.10. The first-order valence-corrected chi connectivity index (χ1v) is 5.88. The average Bonchev–Trinajstić information content (AvgIpc) is 2.20. The Kier molecular flexibility index (Phi) is 3.27. The standard InChI is InChI=1S/C12H19N3O/c1-8-5-9(2)7-10(6-8)16-12-11(13)14-3-4-15-12/h3-4,8-10H,5-7H2,1-2H3,(H2,13,14). The number of aromatic nitrogens is 2. The molecule has 0 spiro atoms. The number of nitrogen functional groups attached to an aromatic ring is 1. The van der Waals surface area contributed by atoms with Gasteiger partial charge in [0.15, 0.2) is 5.82 Å². The molecular weight excluding hydrogens is 202 g/mol. The van der Waals surface area contributed by atoms with Crippen molar-refractivity contribution in [2.45, 2.75) is 39.2 Å². The zero-order valence-corrected chi connectivity index (χ0v) is 9.89. The van der Waals surface area contributed by atoms with Gasteiger partial charge in [-0.05, 0) is 31.1 Å². The Hall–Kier alpha value is -1.32. The number of anilines is 1. The molecule has 2 N–H and O–H groups in total. The fourth-order valence-electron chi connectivity index (χ4n) is 2.55. The van der Waals surface area contributed by atoms with Crippen molar-refractivity contribution in [3.05, 3.63) is 12.4 Å². The van der Waals surface area contributed by atoms with Gasteiger partial charge in [0.1, 0.15) is 6.10 Å². The molecule has 0 radical (unpaired) electrons. The van der Waals surface area contributed by atoms with Crippen molar-refractivity contribution in [1.29, 1.82) is 0 Å². The molecule has 0 bridgehead atoms. The molecule has 1 aliphatic carbocycles. The highest BCUT2D eigenvalue weighted by Crippen LogP contribution is 2.31.